The maximum atomic E-state index is 5.44. The topological polar surface area (TPSA) is 28.6 Å². The van der Waals surface area contributed by atoms with E-state index in [1.807, 2.05) is 6.20 Å². The second-order valence-electron chi connectivity index (χ2n) is 5.14. The third-order valence-electron chi connectivity index (χ3n) is 4.18. The molecule has 5 heteroatoms. The molecule has 1 aromatic rings. The maximum Gasteiger partial charge on any atom is 0.107 e. The van der Waals surface area contributed by atoms with Crippen LogP contribution in [0.25, 0.3) is 0 Å². The molecule has 2 saturated heterocycles. The van der Waals surface area contributed by atoms with Gasteiger partial charge in [0.05, 0.1) is 19.8 Å². The molecule has 3 heterocycles. The molecule has 2 aliphatic heterocycles. The van der Waals surface area contributed by atoms with Gasteiger partial charge < -0.3 is 4.74 Å². The van der Waals surface area contributed by atoms with Gasteiger partial charge in [0.1, 0.15) is 5.01 Å². The van der Waals surface area contributed by atoms with E-state index in [1.165, 1.54) is 18.0 Å². The van der Waals surface area contributed by atoms with E-state index >= 15 is 0 Å². The second-order valence-corrected chi connectivity index (χ2v) is 6.12. The molecule has 0 saturated carbocycles. The van der Waals surface area contributed by atoms with Crippen molar-refractivity contribution < 1.29 is 4.74 Å². The molecule has 2 fully saturated rings. The molecule has 18 heavy (non-hydrogen) atoms. The summed E-state index contributed by atoms with van der Waals surface area (Å²) < 4.78 is 5.44. The molecule has 2 atom stereocenters. The number of hydrogen-bond donors (Lipinski definition) is 0. The molecule has 3 rings (SSSR count). The lowest BCUT2D eigenvalue weighted by atomic mass is 10.1. The predicted molar refractivity (Wildman–Crippen MR) is 72.8 cm³/mol. The summed E-state index contributed by atoms with van der Waals surface area (Å²) in [7, 11) is 0. The lowest BCUT2D eigenvalue weighted by Gasteiger charge is -2.35. The molecule has 100 valence electrons. The number of morpholine rings is 1. The first-order chi connectivity index (χ1) is 8.84. The van der Waals surface area contributed by atoms with E-state index in [-0.39, 0.29) is 0 Å². The van der Waals surface area contributed by atoms with Gasteiger partial charge in [-0.25, -0.2) is 4.98 Å². The molecule has 0 amide bonds. The minimum Gasteiger partial charge on any atom is -0.379 e. The standard InChI is InChI=1S/C13H21N3OS/c1-11-12(15-5-7-17-8-6-15)2-4-16(11)10-13-14-3-9-18-13/h3,9,11-12H,2,4-8,10H2,1H3/t11-,12-/m1/s1. The molecule has 0 radical (unpaired) electrons. The zero-order valence-electron chi connectivity index (χ0n) is 10.9. The highest BCUT2D eigenvalue weighted by Crippen LogP contribution is 2.25. The predicted octanol–water partition coefficient (Wildman–Crippen LogP) is 1.44. The zero-order chi connectivity index (χ0) is 12.4. The van der Waals surface area contributed by atoms with Gasteiger partial charge in [0.15, 0.2) is 0 Å². The second kappa shape index (κ2) is 5.65. The van der Waals surface area contributed by atoms with Gasteiger partial charge >= 0.3 is 0 Å². The summed E-state index contributed by atoms with van der Waals surface area (Å²) in [6.45, 7) is 8.56. The minimum atomic E-state index is 0.631. The summed E-state index contributed by atoms with van der Waals surface area (Å²) in [6.07, 6.45) is 3.19. The summed E-state index contributed by atoms with van der Waals surface area (Å²) in [5.41, 5.74) is 0. The summed E-state index contributed by atoms with van der Waals surface area (Å²) in [5, 5.41) is 3.31. The quantitative estimate of drug-likeness (QED) is 0.828. The van der Waals surface area contributed by atoms with Crippen LogP contribution in [0.4, 0.5) is 0 Å². The summed E-state index contributed by atoms with van der Waals surface area (Å²) in [6, 6.07) is 1.33. The van der Waals surface area contributed by atoms with Crippen LogP contribution in [0, 0.1) is 0 Å². The Morgan fingerprint density at radius 3 is 2.94 bits per heavy atom. The lowest BCUT2D eigenvalue weighted by Crippen LogP contribution is -2.48. The number of likely N-dealkylation sites (tertiary alicyclic amines) is 1. The van der Waals surface area contributed by atoms with Crippen molar-refractivity contribution in [1.29, 1.82) is 0 Å². The van der Waals surface area contributed by atoms with Crippen LogP contribution in [0.15, 0.2) is 11.6 Å². The number of aromatic nitrogens is 1. The number of thiazole rings is 1. The summed E-state index contributed by atoms with van der Waals surface area (Å²) in [5.74, 6) is 0. The van der Waals surface area contributed by atoms with Crippen LogP contribution in [0.5, 0.6) is 0 Å². The van der Waals surface area contributed by atoms with Crippen molar-refractivity contribution in [1.82, 2.24) is 14.8 Å². The average Bonchev–Trinajstić information content (AvgIpc) is 3.03. The smallest absolute Gasteiger partial charge is 0.107 e. The Labute approximate surface area is 113 Å². The monoisotopic (exact) mass is 267 g/mol. The Morgan fingerprint density at radius 1 is 1.39 bits per heavy atom. The van der Waals surface area contributed by atoms with Crippen LogP contribution >= 0.6 is 11.3 Å². The van der Waals surface area contributed by atoms with Gasteiger partial charge in [-0.2, -0.15) is 0 Å². The SMILES string of the molecule is C[C@@H]1[C@H](N2CCOCC2)CCN1Cc1nccs1. The van der Waals surface area contributed by atoms with E-state index in [4.69, 9.17) is 4.74 Å². The van der Waals surface area contributed by atoms with Crippen LogP contribution in [-0.4, -0.2) is 59.7 Å². The zero-order valence-corrected chi connectivity index (χ0v) is 11.7. The lowest BCUT2D eigenvalue weighted by molar-refractivity contribution is 0.00983. The van der Waals surface area contributed by atoms with E-state index in [0.717, 1.165) is 32.8 Å². The average molecular weight is 267 g/mol. The van der Waals surface area contributed by atoms with Crippen molar-refractivity contribution in [2.45, 2.75) is 32.0 Å². The molecule has 0 aromatic carbocycles. The highest BCUT2D eigenvalue weighted by Gasteiger charge is 2.35. The van der Waals surface area contributed by atoms with Crippen molar-refractivity contribution in [3.05, 3.63) is 16.6 Å². The van der Waals surface area contributed by atoms with Crippen molar-refractivity contribution in [2.75, 3.05) is 32.8 Å². The number of rotatable bonds is 3. The van der Waals surface area contributed by atoms with Crippen molar-refractivity contribution in [3.8, 4) is 0 Å². The first kappa shape index (κ1) is 12.5. The fourth-order valence-corrected chi connectivity index (χ4v) is 3.75. The van der Waals surface area contributed by atoms with E-state index in [9.17, 15) is 0 Å². The maximum absolute atomic E-state index is 5.44. The normalized spacial score (nSPS) is 30.9. The van der Waals surface area contributed by atoms with Crippen molar-refractivity contribution in [2.24, 2.45) is 0 Å². The van der Waals surface area contributed by atoms with Crippen LogP contribution in [0.1, 0.15) is 18.4 Å². The van der Waals surface area contributed by atoms with Gasteiger partial charge in [-0.3, -0.25) is 9.80 Å². The van der Waals surface area contributed by atoms with Crippen molar-refractivity contribution in [3.63, 3.8) is 0 Å². The Morgan fingerprint density at radius 2 is 2.22 bits per heavy atom. The third kappa shape index (κ3) is 2.59. The number of nitrogens with zero attached hydrogens (tertiary/aromatic N) is 3. The molecule has 0 N–H and O–H groups in total. The number of hydrogen-bond acceptors (Lipinski definition) is 5. The fraction of sp³-hybridized carbons (Fsp3) is 0.769. The van der Waals surface area contributed by atoms with Gasteiger partial charge in [-0.1, -0.05) is 0 Å². The van der Waals surface area contributed by atoms with Crippen molar-refractivity contribution >= 4 is 11.3 Å². The van der Waals surface area contributed by atoms with E-state index in [1.54, 1.807) is 11.3 Å². The Bertz CT molecular complexity index is 364. The first-order valence-electron chi connectivity index (χ1n) is 6.79. The van der Waals surface area contributed by atoms with Gasteiger partial charge in [0.2, 0.25) is 0 Å². The van der Waals surface area contributed by atoms with Gasteiger partial charge in [-0.05, 0) is 13.3 Å². The number of ether oxygens (including phenoxy) is 1. The highest BCUT2D eigenvalue weighted by atomic mass is 32.1. The molecule has 0 unspecified atom stereocenters. The molecule has 4 nitrogen and oxygen atoms in total. The molecular formula is C13H21N3OS. The molecule has 2 aliphatic rings. The third-order valence-corrected chi connectivity index (χ3v) is 4.95. The highest BCUT2D eigenvalue weighted by molar-refractivity contribution is 7.09. The molecular weight excluding hydrogens is 246 g/mol. The fourth-order valence-electron chi connectivity index (χ4n) is 3.11. The van der Waals surface area contributed by atoms with Crippen LogP contribution in [0.3, 0.4) is 0 Å². The minimum absolute atomic E-state index is 0.631. The van der Waals surface area contributed by atoms with Gasteiger partial charge in [0, 0.05) is 43.3 Å². The van der Waals surface area contributed by atoms with E-state index in [2.05, 4.69) is 27.1 Å². The molecule has 0 spiro atoms. The summed E-state index contributed by atoms with van der Waals surface area (Å²) >= 11 is 1.76. The van der Waals surface area contributed by atoms with Crippen LogP contribution in [0.2, 0.25) is 0 Å². The summed E-state index contributed by atoms with van der Waals surface area (Å²) in [4.78, 5) is 9.57. The van der Waals surface area contributed by atoms with E-state index < -0.39 is 0 Å². The van der Waals surface area contributed by atoms with Crippen LogP contribution in [-0.2, 0) is 11.3 Å². The largest absolute Gasteiger partial charge is 0.379 e. The van der Waals surface area contributed by atoms with Crippen LogP contribution < -0.4 is 0 Å². The Balaban J connectivity index is 1.59. The molecule has 1 aromatic heterocycles. The van der Waals surface area contributed by atoms with Gasteiger partial charge in [0.25, 0.3) is 0 Å². The Kier molecular flexibility index (Phi) is 3.94. The molecule has 0 bridgehead atoms. The molecule has 0 aliphatic carbocycles. The van der Waals surface area contributed by atoms with E-state index in [0.29, 0.717) is 12.1 Å². The van der Waals surface area contributed by atoms with Gasteiger partial charge in [-0.15, -0.1) is 11.3 Å². The first-order valence-corrected chi connectivity index (χ1v) is 7.67. The Hall–Kier alpha value is -0.490.